The number of anilines is 1. The summed E-state index contributed by atoms with van der Waals surface area (Å²) in [5.41, 5.74) is 0.449. The summed E-state index contributed by atoms with van der Waals surface area (Å²) < 4.78 is 36.9. The molecule has 1 aliphatic heterocycles. The highest BCUT2D eigenvalue weighted by Gasteiger charge is 2.25. The van der Waals surface area contributed by atoms with E-state index < -0.39 is 12.2 Å². The molecule has 1 atom stereocenters. The molecule has 3 rings (SSSR count). The molecule has 1 aromatic heterocycles. The van der Waals surface area contributed by atoms with Crippen LogP contribution >= 0.6 is 11.6 Å². The highest BCUT2D eigenvalue weighted by molar-refractivity contribution is 6.31. The van der Waals surface area contributed by atoms with Crippen molar-refractivity contribution in [2.24, 2.45) is 0 Å². The third-order valence-corrected chi connectivity index (χ3v) is 3.88. The number of benzene rings is 1. The third-order valence-electron chi connectivity index (χ3n) is 3.64. The Kier molecular flexibility index (Phi) is 4.89. The predicted octanol–water partition coefficient (Wildman–Crippen LogP) is 3.07. The topological polar surface area (TPSA) is 47.5 Å². The summed E-state index contributed by atoms with van der Waals surface area (Å²) >= 11 is 6.04. The van der Waals surface area contributed by atoms with Crippen LogP contribution in [0.15, 0.2) is 18.2 Å². The lowest BCUT2D eigenvalue weighted by Crippen LogP contribution is -2.45. The summed E-state index contributed by atoms with van der Waals surface area (Å²) in [5, 5.41) is 1.16. The molecule has 0 saturated carbocycles. The van der Waals surface area contributed by atoms with Gasteiger partial charge in [-0.1, -0.05) is 11.6 Å². The Morgan fingerprint density at radius 1 is 1.43 bits per heavy atom. The summed E-state index contributed by atoms with van der Waals surface area (Å²) in [6.45, 7) is 1.97. The minimum atomic E-state index is -2.73. The van der Waals surface area contributed by atoms with Gasteiger partial charge in [-0.05, 0) is 18.2 Å². The lowest BCUT2D eigenvalue weighted by atomic mass is 10.2. The van der Waals surface area contributed by atoms with E-state index in [0.29, 0.717) is 48.0 Å². The van der Waals surface area contributed by atoms with Crippen molar-refractivity contribution in [1.29, 1.82) is 0 Å². The van der Waals surface area contributed by atoms with E-state index in [2.05, 4.69) is 9.97 Å². The number of hydrogen-bond donors (Lipinski definition) is 0. The monoisotopic (exact) mass is 343 g/mol. The van der Waals surface area contributed by atoms with Gasteiger partial charge < -0.3 is 14.4 Å². The number of nitrogens with zero attached hydrogens (tertiary/aromatic N) is 3. The molecule has 124 valence electrons. The van der Waals surface area contributed by atoms with Crippen LogP contribution in [0.3, 0.4) is 0 Å². The van der Waals surface area contributed by atoms with E-state index in [1.807, 2.05) is 4.90 Å². The standard InChI is InChI=1S/C15H16ClF2N3O2/c1-22-8-10-7-21(4-5-23-10)15-11-6-9(16)2-3-12(11)19-14(20-15)13(17)18/h2-3,6,10,13H,4-5,7-8H2,1H3. The summed E-state index contributed by atoms with van der Waals surface area (Å²) in [5.74, 6) is -0.0261. The zero-order valence-electron chi connectivity index (χ0n) is 12.5. The van der Waals surface area contributed by atoms with Gasteiger partial charge in [0.15, 0.2) is 5.82 Å². The van der Waals surface area contributed by atoms with Gasteiger partial charge in [0.1, 0.15) is 5.82 Å². The first kappa shape index (κ1) is 16.3. The molecule has 23 heavy (non-hydrogen) atoms. The maximum Gasteiger partial charge on any atom is 0.297 e. The zero-order chi connectivity index (χ0) is 16.4. The first-order valence-corrected chi connectivity index (χ1v) is 7.57. The molecule has 1 saturated heterocycles. The molecule has 1 aromatic carbocycles. The van der Waals surface area contributed by atoms with Crippen molar-refractivity contribution in [1.82, 2.24) is 9.97 Å². The highest BCUT2D eigenvalue weighted by Crippen LogP contribution is 2.30. The minimum Gasteiger partial charge on any atom is -0.382 e. The number of halogens is 3. The molecular weight excluding hydrogens is 328 g/mol. The molecule has 0 radical (unpaired) electrons. The molecule has 1 fully saturated rings. The first-order chi connectivity index (χ1) is 11.1. The van der Waals surface area contributed by atoms with E-state index >= 15 is 0 Å². The number of alkyl halides is 2. The van der Waals surface area contributed by atoms with Crippen molar-refractivity contribution in [2.45, 2.75) is 12.5 Å². The lowest BCUT2D eigenvalue weighted by Gasteiger charge is -2.34. The van der Waals surface area contributed by atoms with Gasteiger partial charge >= 0.3 is 0 Å². The number of rotatable bonds is 4. The largest absolute Gasteiger partial charge is 0.382 e. The van der Waals surface area contributed by atoms with Crippen LogP contribution in [0.1, 0.15) is 12.2 Å². The van der Waals surface area contributed by atoms with Gasteiger partial charge in [0.25, 0.3) is 6.43 Å². The molecule has 0 bridgehead atoms. The minimum absolute atomic E-state index is 0.132. The van der Waals surface area contributed by atoms with Crippen LogP contribution in [-0.4, -0.2) is 49.5 Å². The molecule has 1 aliphatic rings. The first-order valence-electron chi connectivity index (χ1n) is 7.19. The second kappa shape index (κ2) is 6.90. The number of methoxy groups -OCH3 is 1. The van der Waals surface area contributed by atoms with Crippen molar-refractivity contribution in [2.75, 3.05) is 38.3 Å². The second-order valence-electron chi connectivity index (χ2n) is 5.26. The second-order valence-corrected chi connectivity index (χ2v) is 5.70. The Labute approximate surface area is 137 Å². The number of aromatic nitrogens is 2. The number of ether oxygens (including phenoxy) is 2. The van der Waals surface area contributed by atoms with Crippen molar-refractivity contribution < 1.29 is 18.3 Å². The van der Waals surface area contributed by atoms with Crippen LogP contribution < -0.4 is 4.90 Å². The van der Waals surface area contributed by atoms with Gasteiger partial charge in [-0.3, -0.25) is 0 Å². The Hall–Kier alpha value is -1.57. The molecule has 5 nitrogen and oxygen atoms in total. The lowest BCUT2D eigenvalue weighted by molar-refractivity contribution is -0.0102. The quantitative estimate of drug-likeness (QED) is 0.853. The maximum absolute atomic E-state index is 13.1. The average Bonchev–Trinajstić information content (AvgIpc) is 2.54. The van der Waals surface area contributed by atoms with Crippen molar-refractivity contribution >= 4 is 28.3 Å². The molecular formula is C15H16ClF2N3O2. The Bertz CT molecular complexity index is 700. The molecule has 0 spiro atoms. The average molecular weight is 344 g/mol. The van der Waals surface area contributed by atoms with Crippen molar-refractivity contribution in [3.8, 4) is 0 Å². The fourth-order valence-electron chi connectivity index (χ4n) is 2.64. The van der Waals surface area contributed by atoms with E-state index in [4.69, 9.17) is 21.1 Å². The fraction of sp³-hybridized carbons (Fsp3) is 0.467. The molecule has 1 unspecified atom stereocenters. The van der Waals surface area contributed by atoms with Crippen LogP contribution in [0, 0.1) is 0 Å². The van der Waals surface area contributed by atoms with Crippen molar-refractivity contribution in [3.63, 3.8) is 0 Å². The molecule has 2 aromatic rings. The van der Waals surface area contributed by atoms with E-state index in [0.717, 1.165) is 0 Å². The summed E-state index contributed by atoms with van der Waals surface area (Å²) in [4.78, 5) is 9.91. The van der Waals surface area contributed by atoms with E-state index in [1.165, 1.54) is 0 Å². The van der Waals surface area contributed by atoms with Gasteiger partial charge in [0.05, 0.1) is 24.8 Å². The van der Waals surface area contributed by atoms with Crippen molar-refractivity contribution in [3.05, 3.63) is 29.0 Å². The molecule has 8 heteroatoms. The van der Waals surface area contributed by atoms with Crippen LogP contribution in [0.4, 0.5) is 14.6 Å². The van der Waals surface area contributed by atoms with E-state index in [1.54, 1.807) is 25.3 Å². The molecule has 0 aliphatic carbocycles. The zero-order valence-corrected chi connectivity index (χ0v) is 13.3. The number of hydrogen-bond acceptors (Lipinski definition) is 5. The predicted molar refractivity (Wildman–Crippen MR) is 83.3 cm³/mol. The highest BCUT2D eigenvalue weighted by atomic mass is 35.5. The smallest absolute Gasteiger partial charge is 0.297 e. The van der Waals surface area contributed by atoms with Gasteiger partial charge in [-0.15, -0.1) is 0 Å². The molecule has 2 heterocycles. The van der Waals surface area contributed by atoms with Gasteiger partial charge in [0.2, 0.25) is 0 Å². The molecule has 0 amide bonds. The Morgan fingerprint density at radius 2 is 2.26 bits per heavy atom. The summed E-state index contributed by atoms with van der Waals surface area (Å²) in [6, 6.07) is 4.95. The van der Waals surface area contributed by atoms with Crippen LogP contribution in [0.2, 0.25) is 5.02 Å². The van der Waals surface area contributed by atoms with Gasteiger partial charge in [0, 0.05) is 30.6 Å². The summed E-state index contributed by atoms with van der Waals surface area (Å²) in [6.07, 6.45) is -2.86. The third kappa shape index (κ3) is 3.52. The maximum atomic E-state index is 13.1. The van der Waals surface area contributed by atoms with E-state index in [9.17, 15) is 8.78 Å². The van der Waals surface area contributed by atoms with Crippen LogP contribution in [0.25, 0.3) is 10.9 Å². The van der Waals surface area contributed by atoms with Gasteiger partial charge in [-0.2, -0.15) is 0 Å². The SMILES string of the molecule is COCC1CN(c2nc(C(F)F)nc3ccc(Cl)cc23)CCO1. The normalized spacial score (nSPS) is 18.8. The summed E-state index contributed by atoms with van der Waals surface area (Å²) in [7, 11) is 1.59. The number of morpholine rings is 1. The molecule has 0 N–H and O–H groups in total. The van der Waals surface area contributed by atoms with Crippen LogP contribution in [-0.2, 0) is 9.47 Å². The Balaban J connectivity index is 2.05. The van der Waals surface area contributed by atoms with E-state index in [-0.39, 0.29) is 6.10 Å². The van der Waals surface area contributed by atoms with Crippen LogP contribution in [0.5, 0.6) is 0 Å². The van der Waals surface area contributed by atoms with Gasteiger partial charge in [-0.25, -0.2) is 18.7 Å². The number of fused-ring (bicyclic) bond motifs is 1. The Morgan fingerprint density at radius 3 is 3.00 bits per heavy atom. The fourth-order valence-corrected chi connectivity index (χ4v) is 2.81.